The van der Waals surface area contributed by atoms with E-state index in [-0.39, 0.29) is 0 Å². The third kappa shape index (κ3) is 3.94. The summed E-state index contributed by atoms with van der Waals surface area (Å²) in [5.41, 5.74) is 0.491. The standard InChI is InChI=1S/C17H27BrO3/c18-4-1-2-5-20-16(19)21-6-3-17-10-13-7-14(11-17)9-15(8-13)12-17/h13-15H,1-12H2. The first-order chi connectivity index (χ1) is 10.2. The molecule has 0 aromatic rings. The molecule has 0 spiro atoms. The van der Waals surface area contributed by atoms with Crippen LogP contribution in [0.1, 0.15) is 57.8 Å². The Balaban J connectivity index is 1.36. The van der Waals surface area contributed by atoms with E-state index in [0.717, 1.165) is 42.3 Å². The van der Waals surface area contributed by atoms with Crippen LogP contribution in [0.5, 0.6) is 0 Å². The Labute approximate surface area is 136 Å². The second-order valence-corrected chi connectivity index (χ2v) is 8.30. The number of halogens is 1. The van der Waals surface area contributed by atoms with Gasteiger partial charge in [0.2, 0.25) is 0 Å². The molecule has 3 nitrogen and oxygen atoms in total. The Morgan fingerprint density at radius 3 is 2.10 bits per heavy atom. The lowest BCUT2D eigenvalue weighted by Crippen LogP contribution is -2.46. The van der Waals surface area contributed by atoms with Crippen molar-refractivity contribution >= 4 is 22.1 Å². The maximum Gasteiger partial charge on any atom is 0.508 e. The fraction of sp³-hybridized carbons (Fsp3) is 0.941. The summed E-state index contributed by atoms with van der Waals surface area (Å²) >= 11 is 3.36. The molecule has 0 aromatic carbocycles. The molecule has 120 valence electrons. The molecule has 0 amide bonds. The van der Waals surface area contributed by atoms with E-state index in [1.165, 1.54) is 38.5 Å². The first-order valence-electron chi connectivity index (χ1n) is 8.55. The molecule has 4 aliphatic rings. The van der Waals surface area contributed by atoms with Crippen LogP contribution in [-0.4, -0.2) is 24.7 Å². The second kappa shape index (κ2) is 6.89. The molecule has 0 radical (unpaired) electrons. The van der Waals surface area contributed by atoms with Crippen LogP contribution in [0.15, 0.2) is 0 Å². The van der Waals surface area contributed by atoms with E-state index < -0.39 is 6.16 Å². The van der Waals surface area contributed by atoms with Gasteiger partial charge >= 0.3 is 6.16 Å². The lowest BCUT2D eigenvalue weighted by molar-refractivity contribution is -0.0670. The Kier molecular flexibility index (Phi) is 5.13. The highest BCUT2D eigenvalue weighted by molar-refractivity contribution is 9.09. The van der Waals surface area contributed by atoms with Crippen molar-refractivity contribution in [1.29, 1.82) is 0 Å². The van der Waals surface area contributed by atoms with Crippen LogP contribution in [0.25, 0.3) is 0 Å². The highest BCUT2D eigenvalue weighted by atomic mass is 79.9. The molecular formula is C17H27BrO3. The Morgan fingerprint density at radius 2 is 1.52 bits per heavy atom. The van der Waals surface area contributed by atoms with Gasteiger partial charge in [0, 0.05) is 5.33 Å². The average Bonchev–Trinajstić information content (AvgIpc) is 2.42. The Bertz CT molecular complexity index is 334. The summed E-state index contributed by atoms with van der Waals surface area (Å²) in [6.45, 7) is 1.02. The monoisotopic (exact) mass is 358 g/mol. The molecule has 4 rings (SSSR count). The van der Waals surface area contributed by atoms with Crippen LogP contribution < -0.4 is 0 Å². The number of unbranched alkanes of at least 4 members (excludes halogenated alkanes) is 1. The van der Waals surface area contributed by atoms with Crippen LogP contribution >= 0.6 is 15.9 Å². The summed E-state index contributed by atoms with van der Waals surface area (Å²) < 4.78 is 10.4. The summed E-state index contributed by atoms with van der Waals surface area (Å²) in [7, 11) is 0. The van der Waals surface area contributed by atoms with Gasteiger partial charge in [-0.15, -0.1) is 0 Å². The third-order valence-electron chi connectivity index (χ3n) is 5.77. The van der Waals surface area contributed by atoms with E-state index >= 15 is 0 Å². The van der Waals surface area contributed by atoms with Gasteiger partial charge in [0.1, 0.15) is 0 Å². The molecule has 4 fully saturated rings. The van der Waals surface area contributed by atoms with Gasteiger partial charge < -0.3 is 9.47 Å². The molecule has 0 heterocycles. The predicted molar refractivity (Wildman–Crippen MR) is 85.6 cm³/mol. The minimum absolute atomic E-state index is 0.474. The van der Waals surface area contributed by atoms with E-state index in [2.05, 4.69) is 15.9 Å². The molecule has 0 unspecified atom stereocenters. The number of rotatable bonds is 7. The Hall–Kier alpha value is -0.250. The van der Waals surface area contributed by atoms with Crippen molar-refractivity contribution in [3.63, 3.8) is 0 Å². The molecule has 0 aliphatic heterocycles. The summed E-state index contributed by atoms with van der Waals surface area (Å²) in [6.07, 6.45) is 11.0. The first-order valence-corrected chi connectivity index (χ1v) is 9.67. The summed E-state index contributed by atoms with van der Waals surface area (Å²) in [5, 5.41) is 0.956. The fourth-order valence-corrected chi connectivity index (χ4v) is 5.74. The second-order valence-electron chi connectivity index (χ2n) is 7.51. The van der Waals surface area contributed by atoms with Crippen molar-refractivity contribution in [3.8, 4) is 0 Å². The van der Waals surface area contributed by atoms with Gasteiger partial charge in [-0.25, -0.2) is 4.79 Å². The van der Waals surface area contributed by atoms with Gasteiger partial charge in [0.15, 0.2) is 0 Å². The Morgan fingerprint density at radius 1 is 0.952 bits per heavy atom. The fourth-order valence-electron chi connectivity index (χ4n) is 5.34. The van der Waals surface area contributed by atoms with E-state index in [9.17, 15) is 4.79 Å². The highest BCUT2D eigenvalue weighted by Crippen LogP contribution is 2.61. The SMILES string of the molecule is O=C(OCCCCBr)OCCC12CC3CC(CC(C3)C1)C2. The van der Waals surface area contributed by atoms with Crippen molar-refractivity contribution in [2.24, 2.45) is 23.2 Å². The number of carbonyl (C=O) groups is 1. The third-order valence-corrected chi connectivity index (χ3v) is 6.33. The minimum atomic E-state index is -0.477. The molecule has 4 saturated carbocycles. The van der Waals surface area contributed by atoms with Gasteiger partial charge in [-0.1, -0.05) is 15.9 Å². The number of ether oxygens (including phenoxy) is 2. The lowest BCUT2D eigenvalue weighted by atomic mass is 9.49. The zero-order valence-corrected chi connectivity index (χ0v) is 14.4. The molecule has 0 N–H and O–H groups in total. The zero-order valence-electron chi connectivity index (χ0n) is 12.8. The minimum Gasteiger partial charge on any atom is -0.434 e. The van der Waals surface area contributed by atoms with Crippen LogP contribution in [0.4, 0.5) is 4.79 Å². The van der Waals surface area contributed by atoms with Gasteiger partial charge in [-0.2, -0.15) is 0 Å². The normalized spacial score (nSPS) is 36.7. The number of alkyl halides is 1. The number of carbonyl (C=O) groups excluding carboxylic acids is 1. The molecule has 0 atom stereocenters. The lowest BCUT2D eigenvalue weighted by Gasteiger charge is -2.57. The largest absolute Gasteiger partial charge is 0.508 e. The highest BCUT2D eigenvalue weighted by Gasteiger charge is 2.50. The van der Waals surface area contributed by atoms with Crippen molar-refractivity contribution in [3.05, 3.63) is 0 Å². The van der Waals surface area contributed by atoms with Gasteiger partial charge in [-0.3, -0.25) is 0 Å². The molecular weight excluding hydrogens is 332 g/mol. The number of hydrogen-bond donors (Lipinski definition) is 0. The molecule has 4 aliphatic carbocycles. The van der Waals surface area contributed by atoms with E-state index in [0.29, 0.717) is 18.6 Å². The molecule has 4 heteroatoms. The molecule has 0 aromatic heterocycles. The van der Waals surface area contributed by atoms with Crippen LogP contribution in [0.3, 0.4) is 0 Å². The predicted octanol–water partition coefficient (Wildman–Crippen LogP) is 4.92. The molecule has 21 heavy (non-hydrogen) atoms. The number of hydrogen-bond acceptors (Lipinski definition) is 3. The van der Waals surface area contributed by atoms with Crippen LogP contribution in [-0.2, 0) is 9.47 Å². The average molecular weight is 359 g/mol. The maximum absolute atomic E-state index is 11.5. The van der Waals surface area contributed by atoms with E-state index in [1.807, 2.05) is 0 Å². The van der Waals surface area contributed by atoms with Crippen LogP contribution in [0.2, 0.25) is 0 Å². The molecule has 0 saturated heterocycles. The first kappa shape index (κ1) is 15.6. The smallest absolute Gasteiger partial charge is 0.434 e. The zero-order chi connectivity index (χ0) is 14.7. The van der Waals surface area contributed by atoms with Crippen molar-refractivity contribution < 1.29 is 14.3 Å². The summed E-state index contributed by atoms with van der Waals surface area (Å²) in [5.74, 6) is 2.90. The maximum atomic E-state index is 11.5. The quantitative estimate of drug-likeness (QED) is 0.368. The molecule has 4 bridgehead atoms. The van der Waals surface area contributed by atoms with E-state index in [1.54, 1.807) is 0 Å². The van der Waals surface area contributed by atoms with Gasteiger partial charge in [0.05, 0.1) is 13.2 Å². The van der Waals surface area contributed by atoms with Crippen LogP contribution in [0, 0.1) is 23.2 Å². The summed E-state index contributed by atoms with van der Waals surface area (Å²) in [4.78, 5) is 11.5. The van der Waals surface area contributed by atoms with Crippen molar-refractivity contribution in [2.45, 2.75) is 57.8 Å². The summed E-state index contributed by atoms with van der Waals surface area (Å²) in [6, 6.07) is 0. The van der Waals surface area contributed by atoms with Gasteiger partial charge in [-0.05, 0) is 81.0 Å². The van der Waals surface area contributed by atoms with Crippen molar-refractivity contribution in [2.75, 3.05) is 18.5 Å². The van der Waals surface area contributed by atoms with E-state index in [4.69, 9.17) is 9.47 Å². The van der Waals surface area contributed by atoms with Gasteiger partial charge in [0.25, 0.3) is 0 Å². The van der Waals surface area contributed by atoms with Crippen molar-refractivity contribution in [1.82, 2.24) is 0 Å². The topological polar surface area (TPSA) is 35.5 Å².